The molecule has 0 spiro atoms. The van der Waals surface area contributed by atoms with Crippen molar-refractivity contribution in [1.29, 1.82) is 0 Å². The van der Waals surface area contributed by atoms with Gasteiger partial charge in [-0.15, -0.1) is 0 Å². The normalized spacial score (nSPS) is 12.6. The lowest BCUT2D eigenvalue weighted by molar-refractivity contribution is 0.0929. The Labute approximate surface area is 118 Å². The van der Waals surface area contributed by atoms with Gasteiger partial charge in [-0.05, 0) is 53.6 Å². The number of carbonyl (C=O) groups excluding carboxylic acids is 1. The fourth-order valence-electron chi connectivity index (χ4n) is 1.12. The standard InChI is InChI=1S/C12H15BrINO/c1-7(2)8(3)15-12(16)10-6-9(13)4-5-11(10)14/h4-8H,1-3H3,(H,15,16). The van der Waals surface area contributed by atoms with Crippen molar-refractivity contribution in [3.63, 3.8) is 0 Å². The quantitative estimate of drug-likeness (QED) is 0.774. The number of carbonyl (C=O) groups is 1. The first kappa shape index (κ1) is 14.0. The third-order valence-corrected chi connectivity index (χ3v) is 3.97. The van der Waals surface area contributed by atoms with E-state index < -0.39 is 0 Å². The Morgan fingerprint density at radius 2 is 2.00 bits per heavy atom. The van der Waals surface area contributed by atoms with Gasteiger partial charge in [0.1, 0.15) is 0 Å². The summed E-state index contributed by atoms with van der Waals surface area (Å²) in [7, 11) is 0. The molecule has 0 saturated carbocycles. The molecule has 0 radical (unpaired) electrons. The van der Waals surface area contributed by atoms with Crippen LogP contribution in [0.15, 0.2) is 22.7 Å². The van der Waals surface area contributed by atoms with Crippen LogP contribution >= 0.6 is 38.5 Å². The maximum Gasteiger partial charge on any atom is 0.252 e. The molecule has 0 aliphatic heterocycles. The molecule has 88 valence electrons. The Morgan fingerprint density at radius 3 is 2.56 bits per heavy atom. The van der Waals surface area contributed by atoms with Crippen LogP contribution in [0.3, 0.4) is 0 Å². The number of nitrogens with one attached hydrogen (secondary N) is 1. The molecular formula is C12H15BrINO. The maximum absolute atomic E-state index is 12.0. The van der Waals surface area contributed by atoms with Crippen LogP contribution < -0.4 is 5.32 Å². The molecule has 1 N–H and O–H groups in total. The molecule has 0 aliphatic carbocycles. The van der Waals surface area contributed by atoms with E-state index in [0.717, 1.165) is 13.6 Å². The van der Waals surface area contributed by atoms with Crippen LogP contribution in [0.1, 0.15) is 31.1 Å². The van der Waals surface area contributed by atoms with Crippen LogP contribution in [0.2, 0.25) is 0 Å². The van der Waals surface area contributed by atoms with E-state index in [-0.39, 0.29) is 11.9 Å². The molecular weight excluding hydrogens is 381 g/mol. The van der Waals surface area contributed by atoms with Crippen LogP contribution in [-0.2, 0) is 0 Å². The van der Waals surface area contributed by atoms with E-state index in [2.05, 4.69) is 57.7 Å². The fraction of sp³-hybridized carbons (Fsp3) is 0.417. The minimum absolute atomic E-state index is 0.00750. The van der Waals surface area contributed by atoms with Crippen molar-refractivity contribution >= 4 is 44.4 Å². The SMILES string of the molecule is CC(C)C(C)NC(=O)c1cc(Br)ccc1I. The minimum atomic E-state index is -0.00750. The summed E-state index contributed by atoms with van der Waals surface area (Å²) < 4.78 is 1.89. The van der Waals surface area contributed by atoms with E-state index in [1.54, 1.807) is 0 Å². The lowest BCUT2D eigenvalue weighted by Crippen LogP contribution is -2.36. The van der Waals surface area contributed by atoms with Gasteiger partial charge in [-0.1, -0.05) is 29.8 Å². The Hall–Kier alpha value is -0.100. The van der Waals surface area contributed by atoms with Gasteiger partial charge in [0, 0.05) is 14.1 Å². The fourth-order valence-corrected chi connectivity index (χ4v) is 2.06. The first-order chi connectivity index (χ1) is 7.41. The van der Waals surface area contributed by atoms with E-state index >= 15 is 0 Å². The maximum atomic E-state index is 12.0. The molecule has 0 aliphatic rings. The van der Waals surface area contributed by atoms with Crippen LogP contribution in [-0.4, -0.2) is 11.9 Å². The zero-order valence-corrected chi connectivity index (χ0v) is 13.3. The first-order valence-corrected chi connectivity index (χ1v) is 7.05. The summed E-state index contributed by atoms with van der Waals surface area (Å²) in [6.07, 6.45) is 0. The number of halogens is 2. The van der Waals surface area contributed by atoms with Crippen molar-refractivity contribution in [2.75, 3.05) is 0 Å². The highest BCUT2D eigenvalue weighted by Crippen LogP contribution is 2.18. The molecule has 1 aromatic rings. The van der Waals surface area contributed by atoms with E-state index in [1.165, 1.54) is 0 Å². The topological polar surface area (TPSA) is 29.1 Å². The van der Waals surface area contributed by atoms with Crippen LogP contribution in [0, 0.1) is 9.49 Å². The highest BCUT2D eigenvalue weighted by atomic mass is 127. The number of hydrogen-bond donors (Lipinski definition) is 1. The van der Waals surface area contributed by atoms with Gasteiger partial charge in [-0.25, -0.2) is 0 Å². The molecule has 0 saturated heterocycles. The minimum Gasteiger partial charge on any atom is -0.349 e. The summed E-state index contributed by atoms with van der Waals surface area (Å²) in [5.74, 6) is 0.431. The molecule has 0 fully saturated rings. The highest BCUT2D eigenvalue weighted by Gasteiger charge is 2.14. The molecule has 1 atom stereocenters. The zero-order valence-electron chi connectivity index (χ0n) is 9.55. The number of hydrogen-bond acceptors (Lipinski definition) is 1. The van der Waals surface area contributed by atoms with Gasteiger partial charge in [-0.3, -0.25) is 4.79 Å². The Morgan fingerprint density at radius 1 is 1.38 bits per heavy atom. The molecule has 0 heterocycles. The third kappa shape index (κ3) is 3.73. The molecule has 1 unspecified atom stereocenters. The summed E-state index contributed by atoms with van der Waals surface area (Å²) in [5, 5.41) is 3.00. The predicted molar refractivity (Wildman–Crippen MR) is 78.6 cm³/mol. The lowest BCUT2D eigenvalue weighted by Gasteiger charge is -2.18. The van der Waals surface area contributed by atoms with Gasteiger partial charge in [0.25, 0.3) is 5.91 Å². The Kier molecular flexibility index (Phi) is 5.24. The number of rotatable bonds is 3. The molecule has 2 nitrogen and oxygen atoms in total. The second-order valence-corrected chi connectivity index (χ2v) is 6.21. The Balaban J connectivity index is 2.84. The van der Waals surface area contributed by atoms with Crippen LogP contribution in [0.4, 0.5) is 0 Å². The second-order valence-electron chi connectivity index (χ2n) is 4.13. The van der Waals surface area contributed by atoms with Gasteiger partial charge in [-0.2, -0.15) is 0 Å². The summed E-state index contributed by atoms with van der Waals surface area (Å²) in [5.41, 5.74) is 0.725. The van der Waals surface area contributed by atoms with Gasteiger partial charge in [0.15, 0.2) is 0 Å². The zero-order chi connectivity index (χ0) is 12.3. The molecule has 4 heteroatoms. The van der Waals surface area contributed by atoms with Gasteiger partial charge in [0.2, 0.25) is 0 Å². The van der Waals surface area contributed by atoms with Crippen molar-refractivity contribution in [2.24, 2.45) is 5.92 Å². The van der Waals surface area contributed by atoms with Crippen molar-refractivity contribution in [1.82, 2.24) is 5.32 Å². The predicted octanol–water partition coefficient (Wildman–Crippen LogP) is 3.83. The first-order valence-electron chi connectivity index (χ1n) is 5.17. The molecule has 0 bridgehead atoms. The Bertz CT molecular complexity index is 393. The molecule has 1 amide bonds. The molecule has 1 aromatic carbocycles. The summed E-state index contributed by atoms with van der Waals surface area (Å²) in [6.45, 7) is 6.21. The van der Waals surface area contributed by atoms with Gasteiger partial charge >= 0.3 is 0 Å². The van der Waals surface area contributed by atoms with Crippen molar-refractivity contribution in [3.8, 4) is 0 Å². The number of benzene rings is 1. The molecule has 0 aromatic heterocycles. The molecule has 16 heavy (non-hydrogen) atoms. The lowest BCUT2D eigenvalue weighted by atomic mass is 10.1. The van der Waals surface area contributed by atoms with Crippen molar-refractivity contribution in [3.05, 3.63) is 31.8 Å². The number of amides is 1. The van der Waals surface area contributed by atoms with E-state index in [4.69, 9.17) is 0 Å². The average Bonchev–Trinajstić information content (AvgIpc) is 2.21. The third-order valence-electron chi connectivity index (χ3n) is 2.53. The van der Waals surface area contributed by atoms with Crippen LogP contribution in [0.5, 0.6) is 0 Å². The van der Waals surface area contributed by atoms with Crippen molar-refractivity contribution in [2.45, 2.75) is 26.8 Å². The monoisotopic (exact) mass is 395 g/mol. The van der Waals surface area contributed by atoms with Gasteiger partial charge < -0.3 is 5.32 Å². The molecule has 1 rings (SSSR count). The highest BCUT2D eigenvalue weighted by molar-refractivity contribution is 14.1. The summed E-state index contributed by atoms with van der Waals surface area (Å²) in [6, 6.07) is 5.90. The van der Waals surface area contributed by atoms with Gasteiger partial charge in [0.05, 0.1) is 5.56 Å². The second kappa shape index (κ2) is 6.00. The van der Waals surface area contributed by atoms with Crippen LogP contribution in [0.25, 0.3) is 0 Å². The summed E-state index contributed by atoms with van der Waals surface area (Å²) in [4.78, 5) is 12.0. The average molecular weight is 396 g/mol. The van der Waals surface area contributed by atoms with E-state index in [1.807, 2.05) is 25.1 Å². The summed E-state index contributed by atoms with van der Waals surface area (Å²) >= 11 is 5.55. The smallest absolute Gasteiger partial charge is 0.252 e. The van der Waals surface area contributed by atoms with E-state index in [9.17, 15) is 4.79 Å². The van der Waals surface area contributed by atoms with Crippen molar-refractivity contribution < 1.29 is 4.79 Å². The largest absolute Gasteiger partial charge is 0.349 e. The van der Waals surface area contributed by atoms with E-state index in [0.29, 0.717) is 5.92 Å².